The Morgan fingerprint density at radius 1 is 0.862 bits per heavy atom. The zero-order valence-electron chi connectivity index (χ0n) is 16.0. The highest BCUT2D eigenvalue weighted by Gasteiger charge is 2.20. The lowest BCUT2D eigenvalue weighted by Crippen LogP contribution is -2.47. The minimum atomic E-state index is 0.287. The van der Waals surface area contributed by atoms with Crippen LogP contribution < -0.4 is 24.6 Å². The second kappa shape index (κ2) is 7.83. The van der Waals surface area contributed by atoms with Gasteiger partial charge in [0.2, 0.25) is 12.7 Å². The number of fused-ring (bicyclic) bond motifs is 1. The number of anilines is 3. The predicted molar refractivity (Wildman–Crippen MR) is 111 cm³/mol. The lowest BCUT2D eigenvalue weighted by molar-refractivity contribution is 0.174. The van der Waals surface area contributed by atoms with Gasteiger partial charge in [0.25, 0.3) is 0 Å². The average Bonchev–Trinajstić information content (AvgIpc) is 3.27. The van der Waals surface area contributed by atoms with Crippen molar-refractivity contribution < 1.29 is 9.47 Å². The molecule has 0 bridgehead atoms. The fourth-order valence-corrected chi connectivity index (χ4v) is 3.52. The quantitative estimate of drug-likeness (QED) is 0.712. The maximum absolute atomic E-state index is 5.44. The first-order chi connectivity index (χ1) is 14.3. The van der Waals surface area contributed by atoms with Crippen molar-refractivity contribution in [3.63, 3.8) is 0 Å². The van der Waals surface area contributed by atoms with Gasteiger partial charge >= 0.3 is 0 Å². The van der Waals surface area contributed by atoms with Crippen molar-refractivity contribution in [2.75, 3.05) is 48.1 Å². The fraction of sp³-hybridized carbons (Fsp3) is 0.286. The number of piperazine rings is 1. The Kier molecular flexibility index (Phi) is 4.73. The molecular weight excluding hydrogens is 368 g/mol. The van der Waals surface area contributed by atoms with Gasteiger partial charge < -0.3 is 24.6 Å². The molecule has 148 valence electrons. The van der Waals surface area contributed by atoms with Crippen LogP contribution in [0.2, 0.25) is 0 Å². The van der Waals surface area contributed by atoms with E-state index in [2.05, 4.69) is 25.1 Å². The van der Waals surface area contributed by atoms with Gasteiger partial charge in [-0.3, -0.25) is 0 Å². The first-order valence-electron chi connectivity index (χ1n) is 9.71. The summed E-state index contributed by atoms with van der Waals surface area (Å²) in [6.45, 7) is 4.46. The smallest absolute Gasteiger partial charge is 0.231 e. The number of nitrogens with zero attached hydrogens (tertiary/aromatic N) is 5. The maximum Gasteiger partial charge on any atom is 0.231 e. The zero-order valence-corrected chi connectivity index (χ0v) is 16.0. The number of ether oxygens (including phenoxy) is 2. The molecule has 0 atom stereocenters. The molecule has 2 aromatic heterocycles. The van der Waals surface area contributed by atoms with E-state index in [0.717, 1.165) is 60.8 Å². The van der Waals surface area contributed by atoms with E-state index >= 15 is 0 Å². The van der Waals surface area contributed by atoms with Crippen molar-refractivity contribution in [3.8, 4) is 11.5 Å². The molecule has 0 amide bonds. The summed E-state index contributed by atoms with van der Waals surface area (Å²) in [5.74, 6) is 4.16. The second-order valence-electron chi connectivity index (χ2n) is 6.95. The van der Waals surface area contributed by atoms with Crippen LogP contribution in [0.15, 0.2) is 54.9 Å². The van der Waals surface area contributed by atoms with E-state index in [9.17, 15) is 0 Å². The van der Waals surface area contributed by atoms with Crippen LogP contribution in [0.25, 0.3) is 0 Å². The third-order valence-corrected chi connectivity index (χ3v) is 5.09. The number of benzene rings is 1. The lowest BCUT2D eigenvalue weighted by atomic mass is 10.2. The van der Waals surface area contributed by atoms with Gasteiger partial charge in [0.05, 0.1) is 0 Å². The van der Waals surface area contributed by atoms with E-state index in [0.29, 0.717) is 6.54 Å². The molecule has 0 aliphatic carbocycles. The van der Waals surface area contributed by atoms with Crippen molar-refractivity contribution in [1.82, 2.24) is 15.0 Å². The largest absolute Gasteiger partial charge is 0.454 e. The Bertz CT molecular complexity index is 976. The molecule has 3 aromatic rings. The van der Waals surface area contributed by atoms with Crippen LogP contribution in [-0.2, 0) is 6.54 Å². The number of hydrogen-bond acceptors (Lipinski definition) is 8. The van der Waals surface area contributed by atoms with Crippen LogP contribution in [0.3, 0.4) is 0 Å². The number of rotatable bonds is 5. The number of hydrogen-bond donors (Lipinski definition) is 1. The standard InChI is InChI=1S/C21H22N6O2/c1-2-7-22-20(3-1)26-9-11-27(12-10-26)21-23-8-6-19(25-21)24-14-16-4-5-17-18(13-16)29-15-28-17/h1-8,13H,9-12,14-15H2,(H,23,24,25). The summed E-state index contributed by atoms with van der Waals surface area (Å²) in [7, 11) is 0. The van der Waals surface area contributed by atoms with Crippen LogP contribution in [-0.4, -0.2) is 47.9 Å². The van der Waals surface area contributed by atoms with E-state index in [1.165, 1.54) is 0 Å². The molecule has 0 saturated carbocycles. The summed E-state index contributed by atoms with van der Waals surface area (Å²) in [6.07, 6.45) is 3.63. The van der Waals surface area contributed by atoms with Gasteiger partial charge in [-0.15, -0.1) is 0 Å². The van der Waals surface area contributed by atoms with Gasteiger partial charge in [0, 0.05) is 45.1 Å². The topological polar surface area (TPSA) is 75.6 Å². The zero-order chi connectivity index (χ0) is 19.5. The molecule has 1 saturated heterocycles. The second-order valence-corrected chi connectivity index (χ2v) is 6.95. The molecule has 29 heavy (non-hydrogen) atoms. The molecule has 8 nitrogen and oxygen atoms in total. The summed E-state index contributed by atoms with van der Waals surface area (Å²) < 4.78 is 10.8. The number of nitrogens with one attached hydrogen (secondary N) is 1. The molecule has 8 heteroatoms. The van der Waals surface area contributed by atoms with Crippen LogP contribution in [0.5, 0.6) is 11.5 Å². The van der Waals surface area contributed by atoms with Crippen molar-refractivity contribution in [2.24, 2.45) is 0 Å². The summed E-state index contributed by atoms with van der Waals surface area (Å²) >= 11 is 0. The van der Waals surface area contributed by atoms with Crippen LogP contribution in [0.4, 0.5) is 17.6 Å². The van der Waals surface area contributed by atoms with Crippen LogP contribution in [0.1, 0.15) is 5.56 Å². The number of pyridine rings is 1. The monoisotopic (exact) mass is 390 g/mol. The fourth-order valence-electron chi connectivity index (χ4n) is 3.52. The summed E-state index contributed by atoms with van der Waals surface area (Å²) in [4.78, 5) is 18.1. The molecule has 4 heterocycles. The SMILES string of the molecule is c1ccc(N2CCN(c3nccc(NCc4ccc5c(c4)OCO5)n3)CC2)nc1. The molecule has 0 radical (unpaired) electrons. The van der Waals surface area contributed by atoms with Crippen LogP contribution in [0, 0.1) is 0 Å². The highest BCUT2D eigenvalue weighted by molar-refractivity contribution is 5.47. The van der Waals surface area contributed by atoms with Gasteiger partial charge in [-0.05, 0) is 35.9 Å². The molecule has 1 aromatic carbocycles. The molecule has 2 aliphatic heterocycles. The Morgan fingerprint density at radius 3 is 2.59 bits per heavy atom. The molecule has 0 unspecified atom stereocenters. The molecule has 1 N–H and O–H groups in total. The minimum Gasteiger partial charge on any atom is -0.454 e. The lowest BCUT2D eigenvalue weighted by Gasteiger charge is -2.35. The first-order valence-corrected chi connectivity index (χ1v) is 9.71. The predicted octanol–water partition coefficient (Wildman–Crippen LogP) is 2.54. The molecule has 5 rings (SSSR count). The van der Waals surface area contributed by atoms with Crippen molar-refractivity contribution in [3.05, 3.63) is 60.4 Å². The van der Waals surface area contributed by atoms with E-state index in [1.807, 2.05) is 48.7 Å². The minimum absolute atomic E-state index is 0.287. The number of aromatic nitrogens is 3. The van der Waals surface area contributed by atoms with Gasteiger partial charge in [-0.2, -0.15) is 4.98 Å². The average molecular weight is 390 g/mol. The van der Waals surface area contributed by atoms with E-state index in [1.54, 1.807) is 6.20 Å². The van der Waals surface area contributed by atoms with Crippen molar-refractivity contribution in [2.45, 2.75) is 6.54 Å². The van der Waals surface area contributed by atoms with E-state index in [4.69, 9.17) is 14.5 Å². The van der Waals surface area contributed by atoms with E-state index in [-0.39, 0.29) is 6.79 Å². The van der Waals surface area contributed by atoms with Crippen molar-refractivity contribution >= 4 is 17.6 Å². The normalized spacial score (nSPS) is 15.4. The van der Waals surface area contributed by atoms with Gasteiger partial charge in [-0.25, -0.2) is 9.97 Å². The Hall–Kier alpha value is -3.55. The highest BCUT2D eigenvalue weighted by Crippen LogP contribution is 2.32. The molecule has 0 spiro atoms. The summed E-state index contributed by atoms with van der Waals surface area (Å²) in [6, 6.07) is 13.9. The Balaban J connectivity index is 1.20. The first kappa shape index (κ1) is 17.5. The van der Waals surface area contributed by atoms with Crippen LogP contribution >= 0.6 is 0 Å². The van der Waals surface area contributed by atoms with Gasteiger partial charge in [0.15, 0.2) is 11.5 Å². The molecule has 2 aliphatic rings. The van der Waals surface area contributed by atoms with E-state index < -0.39 is 0 Å². The summed E-state index contributed by atoms with van der Waals surface area (Å²) in [5, 5.41) is 3.37. The van der Waals surface area contributed by atoms with Gasteiger partial charge in [-0.1, -0.05) is 12.1 Å². The maximum atomic E-state index is 5.44. The van der Waals surface area contributed by atoms with Crippen molar-refractivity contribution in [1.29, 1.82) is 0 Å². The Labute approximate surface area is 169 Å². The molecule has 1 fully saturated rings. The third kappa shape index (κ3) is 3.87. The highest BCUT2D eigenvalue weighted by atomic mass is 16.7. The molecular formula is C21H22N6O2. The van der Waals surface area contributed by atoms with Gasteiger partial charge in [0.1, 0.15) is 11.6 Å². The third-order valence-electron chi connectivity index (χ3n) is 5.09. The summed E-state index contributed by atoms with van der Waals surface area (Å²) in [5.41, 5.74) is 1.11. The Morgan fingerprint density at radius 2 is 1.72 bits per heavy atom.